The molecule has 4 aromatic rings. The van der Waals surface area contributed by atoms with Gasteiger partial charge in [-0.05, 0) is 45.7 Å². The van der Waals surface area contributed by atoms with Crippen molar-refractivity contribution in [3.8, 4) is 0 Å². The molecular weight excluding hydrogens is 494 g/mol. The molecule has 1 fully saturated rings. The lowest BCUT2D eigenvalue weighted by Crippen LogP contribution is -2.52. The number of hydrogen-bond acceptors (Lipinski definition) is 9. The second-order valence-electron chi connectivity index (χ2n) is 9.87. The number of carbonyl (C=O) groups is 2. The van der Waals surface area contributed by atoms with Crippen LogP contribution < -0.4 is 16.0 Å². The van der Waals surface area contributed by atoms with E-state index in [-0.39, 0.29) is 11.9 Å². The number of aromatic nitrogens is 4. The lowest BCUT2D eigenvalue weighted by Gasteiger charge is -2.33. The minimum Gasteiger partial charge on any atom is -0.444 e. The summed E-state index contributed by atoms with van der Waals surface area (Å²) in [6.07, 6.45) is 3.80. The molecule has 3 N–H and O–H groups in total. The van der Waals surface area contributed by atoms with Gasteiger partial charge in [0.05, 0.1) is 45.6 Å². The molecule has 2 amide bonds. The molecule has 0 unspecified atom stereocenters. The third-order valence-corrected chi connectivity index (χ3v) is 6.76. The number of alkyl carbamates (subject to hydrolysis) is 1. The highest BCUT2D eigenvalue weighted by molar-refractivity contribution is 7.17. The summed E-state index contributed by atoms with van der Waals surface area (Å²) in [7, 11) is 1.91. The summed E-state index contributed by atoms with van der Waals surface area (Å²) in [6, 6.07) is 5.38. The third kappa shape index (κ3) is 5.49. The molecule has 1 aromatic carbocycles. The van der Waals surface area contributed by atoms with E-state index >= 15 is 0 Å². The molecule has 4 heterocycles. The highest BCUT2D eigenvalue weighted by Crippen LogP contribution is 2.28. The number of fused-ring (bicyclic) bond motifs is 2. The van der Waals surface area contributed by atoms with Crippen LogP contribution in [0.4, 0.5) is 16.4 Å². The number of para-hydroxylation sites is 1. The van der Waals surface area contributed by atoms with Crippen molar-refractivity contribution in [3.05, 3.63) is 41.7 Å². The van der Waals surface area contributed by atoms with Gasteiger partial charge in [0, 0.05) is 19.0 Å². The lowest BCUT2D eigenvalue weighted by atomic mass is 10.1. The number of thiophene rings is 1. The van der Waals surface area contributed by atoms with E-state index in [9.17, 15) is 9.59 Å². The summed E-state index contributed by atoms with van der Waals surface area (Å²) in [5, 5.41) is 10.8. The summed E-state index contributed by atoms with van der Waals surface area (Å²) in [6.45, 7) is 5.94. The van der Waals surface area contributed by atoms with E-state index in [0.717, 1.165) is 28.6 Å². The largest absolute Gasteiger partial charge is 0.444 e. The van der Waals surface area contributed by atoms with Gasteiger partial charge >= 0.3 is 6.09 Å². The number of carbonyl (C=O) groups excluding carboxylic acids is 2. The Morgan fingerprint density at radius 3 is 2.86 bits per heavy atom. The van der Waals surface area contributed by atoms with Gasteiger partial charge < -0.3 is 24.7 Å². The molecule has 0 bridgehead atoms. The number of benzene rings is 1. The third-order valence-electron chi connectivity index (χ3n) is 5.86. The SMILES string of the molecule is Cn1cnc2c(NC(=O)c3csc4cnc(N[C@@H]5CCCO[C@H]5NC(=O)OC(C)(C)C)nc34)cccc21. The van der Waals surface area contributed by atoms with Crippen LogP contribution in [0, 0.1) is 0 Å². The number of amides is 2. The van der Waals surface area contributed by atoms with Gasteiger partial charge in [0.1, 0.15) is 11.1 Å². The van der Waals surface area contributed by atoms with Crippen LogP contribution >= 0.6 is 11.3 Å². The number of anilines is 2. The average Bonchev–Trinajstić information content (AvgIpc) is 3.43. The fourth-order valence-electron chi connectivity index (χ4n) is 4.17. The summed E-state index contributed by atoms with van der Waals surface area (Å²) in [4.78, 5) is 39.0. The molecular formula is C25H29N7O4S. The Morgan fingerprint density at radius 2 is 2.05 bits per heavy atom. The Kier molecular flexibility index (Phi) is 6.69. The number of nitrogens with one attached hydrogen (secondary N) is 3. The number of aryl methyl sites for hydroxylation is 1. The molecule has 194 valence electrons. The standard InChI is InChI=1S/C25H29N7O4S/c1-25(2,3)36-24(34)31-22-16(8-6-10-35-22)29-23-26-11-18-19(30-23)14(12-37-18)21(33)28-15-7-5-9-17-20(15)27-13-32(17)4/h5,7,9,11-13,16,22H,6,8,10H2,1-4H3,(H,28,33)(H,31,34)(H,26,29,30)/t16-,22-/m1/s1. The van der Waals surface area contributed by atoms with Gasteiger partial charge in [-0.15, -0.1) is 11.3 Å². The van der Waals surface area contributed by atoms with Crippen LogP contribution in [-0.4, -0.2) is 56.0 Å². The zero-order valence-electron chi connectivity index (χ0n) is 21.1. The zero-order chi connectivity index (χ0) is 26.2. The van der Waals surface area contributed by atoms with Crippen molar-refractivity contribution in [3.63, 3.8) is 0 Å². The number of nitrogens with zero attached hydrogens (tertiary/aromatic N) is 4. The van der Waals surface area contributed by atoms with Crippen molar-refractivity contribution in [1.29, 1.82) is 0 Å². The van der Waals surface area contributed by atoms with E-state index in [2.05, 4.69) is 30.9 Å². The van der Waals surface area contributed by atoms with E-state index in [1.807, 2.05) is 29.8 Å². The van der Waals surface area contributed by atoms with E-state index in [0.29, 0.717) is 29.3 Å². The first kappa shape index (κ1) is 24.9. The van der Waals surface area contributed by atoms with Crippen LogP contribution in [0.25, 0.3) is 21.3 Å². The molecule has 37 heavy (non-hydrogen) atoms. The molecule has 0 aliphatic carbocycles. The quantitative estimate of drug-likeness (QED) is 0.353. The second-order valence-corrected chi connectivity index (χ2v) is 10.8. The number of ether oxygens (including phenoxy) is 2. The molecule has 0 saturated carbocycles. The Balaban J connectivity index is 1.34. The van der Waals surface area contributed by atoms with Crippen molar-refractivity contribution in [2.24, 2.45) is 7.05 Å². The van der Waals surface area contributed by atoms with E-state index in [1.165, 1.54) is 11.3 Å². The summed E-state index contributed by atoms with van der Waals surface area (Å²) >= 11 is 1.40. The fourth-order valence-corrected chi connectivity index (χ4v) is 5.01. The van der Waals surface area contributed by atoms with Crippen LogP contribution in [0.3, 0.4) is 0 Å². The minimum atomic E-state index is -0.617. The smallest absolute Gasteiger partial charge is 0.409 e. The van der Waals surface area contributed by atoms with Crippen LogP contribution in [-0.2, 0) is 16.5 Å². The van der Waals surface area contributed by atoms with Gasteiger partial charge in [0.2, 0.25) is 5.95 Å². The first-order chi connectivity index (χ1) is 17.7. The van der Waals surface area contributed by atoms with Gasteiger partial charge in [-0.2, -0.15) is 0 Å². The molecule has 1 saturated heterocycles. The molecule has 12 heteroatoms. The average molecular weight is 524 g/mol. The fraction of sp³-hybridized carbons (Fsp3) is 0.400. The monoisotopic (exact) mass is 523 g/mol. The van der Waals surface area contributed by atoms with Crippen LogP contribution in [0.2, 0.25) is 0 Å². The van der Waals surface area contributed by atoms with E-state index < -0.39 is 17.9 Å². The second kappa shape index (κ2) is 9.94. The molecule has 1 aliphatic heterocycles. The van der Waals surface area contributed by atoms with E-state index in [1.54, 1.807) is 38.7 Å². The number of imidazole rings is 1. The first-order valence-corrected chi connectivity index (χ1v) is 12.9. The van der Waals surface area contributed by atoms with E-state index in [4.69, 9.17) is 9.47 Å². The topological polar surface area (TPSA) is 132 Å². The summed E-state index contributed by atoms with van der Waals surface area (Å²) in [5.41, 5.74) is 2.64. The lowest BCUT2D eigenvalue weighted by molar-refractivity contribution is -0.0237. The van der Waals surface area contributed by atoms with Crippen molar-refractivity contribution in [2.45, 2.75) is 51.5 Å². The first-order valence-electron chi connectivity index (χ1n) is 12.0. The van der Waals surface area contributed by atoms with Crippen LogP contribution in [0.5, 0.6) is 0 Å². The maximum Gasteiger partial charge on any atom is 0.409 e. The Bertz CT molecular complexity index is 1460. The Labute approximate surface area is 217 Å². The minimum absolute atomic E-state index is 0.267. The van der Waals surface area contributed by atoms with Gasteiger partial charge in [0.25, 0.3) is 5.91 Å². The number of rotatable bonds is 5. The maximum absolute atomic E-state index is 13.2. The molecule has 2 atom stereocenters. The van der Waals surface area contributed by atoms with Gasteiger partial charge in [-0.25, -0.2) is 19.7 Å². The molecule has 11 nitrogen and oxygen atoms in total. The summed E-state index contributed by atoms with van der Waals surface area (Å²) in [5.74, 6) is 0.0674. The molecule has 3 aromatic heterocycles. The predicted octanol–water partition coefficient (Wildman–Crippen LogP) is 4.27. The summed E-state index contributed by atoms with van der Waals surface area (Å²) < 4.78 is 13.8. The molecule has 5 rings (SSSR count). The Hall–Kier alpha value is -3.77. The molecule has 0 spiro atoms. The predicted molar refractivity (Wildman–Crippen MR) is 142 cm³/mol. The Morgan fingerprint density at radius 1 is 1.22 bits per heavy atom. The highest BCUT2D eigenvalue weighted by atomic mass is 32.1. The zero-order valence-corrected chi connectivity index (χ0v) is 21.9. The normalized spacial score (nSPS) is 18.1. The van der Waals surface area contributed by atoms with Crippen LogP contribution in [0.15, 0.2) is 36.1 Å². The van der Waals surface area contributed by atoms with Gasteiger partial charge in [-0.1, -0.05) is 6.07 Å². The van der Waals surface area contributed by atoms with Crippen molar-refractivity contribution < 1.29 is 19.1 Å². The van der Waals surface area contributed by atoms with Gasteiger partial charge in [-0.3, -0.25) is 10.1 Å². The molecule has 1 aliphatic rings. The van der Waals surface area contributed by atoms with Gasteiger partial charge in [0.15, 0.2) is 6.23 Å². The van der Waals surface area contributed by atoms with Crippen molar-refractivity contribution in [2.75, 3.05) is 17.2 Å². The van der Waals surface area contributed by atoms with Crippen molar-refractivity contribution >= 4 is 56.2 Å². The maximum atomic E-state index is 13.2. The highest BCUT2D eigenvalue weighted by Gasteiger charge is 2.30. The number of hydrogen-bond donors (Lipinski definition) is 3. The molecule has 0 radical (unpaired) electrons. The van der Waals surface area contributed by atoms with Crippen LogP contribution in [0.1, 0.15) is 44.0 Å². The van der Waals surface area contributed by atoms with Crippen molar-refractivity contribution in [1.82, 2.24) is 24.8 Å².